The maximum Gasteiger partial charge on any atom is 0.277 e. The number of aliphatic imine (C=N–C) groups is 1. The minimum absolute atomic E-state index is 0.272. The summed E-state index contributed by atoms with van der Waals surface area (Å²) in [6, 6.07) is 5.60. The van der Waals surface area contributed by atoms with Crippen molar-refractivity contribution in [2.75, 3.05) is 18.5 Å². The summed E-state index contributed by atoms with van der Waals surface area (Å²) in [5.74, 6) is 1.06. The molecule has 7 nitrogen and oxygen atoms in total. The molecule has 25 heavy (non-hydrogen) atoms. The van der Waals surface area contributed by atoms with Gasteiger partial charge >= 0.3 is 0 Å². The molecule has 8 heteroatoms. The third-order valence-electron chi connectivity index (χ3n) is 3.92. The lowest BCUT2D eigenvalue weighted by atomic mass is 9.92. The molecule has 0 aliphatic carbocycles. The number of carbonyl (C=O) groups is 1. The van der Waals surface area contributed by atoms with Crippen molar-refractivity contribution in [3.8, 4) is 0 Å². The number of nitrogens with zero attached hydrogens (tertiary/aromatic N) is 2. The Morgan fingerprint density at radius 2 is 2.12 bits per heavy atom. The van der Waals surface area contributed by atoms with E-state index in [4.69, 9.17) is 14.9 Å². The zero-order chi connectivity index (χ0) is 18.2. The first-order valence-electron chi connectivity index (χ1n) is 7.75. The maximum absolute atomic E-state index is 12.5. The Balaban J connectivity index is 1.91. The lowest BCUT2D eigenvalue weighted by Crippen LogP contribution is -2.37. The molecule has 1 aliphatic heterocycles. The van der Waals surface area contributed by atoms with Gasteiger partial charge in [-0.2, -0.15) is 0 Å². The highest BCUT2D eigenvalue weighted by Crippen LogP contribution is 2.32. The van der Waals surface area contributed by atoms with Crippen LogP contribution in [0.4, 0.5) is 5.69 Å². The van der Waals surface area contributed by atoms with Gasteiger partial charge in [0.05, 0.1) is 6.61 Å². The molecule has 3 N–H and O–H groups in total. The third kappa shape index (κ3) is 3.74. The summed E-state index contributed by atoms with van der Waals surface area (Å²) in [6.45, 7) is 6.10. The van der Waals surface area contributed by atoms with Gasteiger partial charge < -0.3 is 20.2 Å². The minimum atomic E-state index is -0.605. The van der Waals surface area contributed by atoms with Gasteiger partial charge in [0, 0.05) is 17.1 Å². The third-order valence-corrected chi connectivity index (χ3v) is 4.38. The quantitative estimate of drug-likeness (QED) is 0.815. The predicted molar refractivity (Wildman–Crippen MR) is 97.9 cm³/mol. The van der Waals surface area contributed by atoms with E-state index in [2.05, 4.69) is 31.2 Å². The number of hydrogen-bond acceptors (Lipinski definition) is 6. The molecule has 3 rings (SSSR count). The van der Waals surface area contributed by atoms with Crippen LogP contribution < -0.4 is 11.1 Å². The van der Waals surface area contributed by atoms with Crippen LogP contribution in [0.1, 0.15) is 34.6 Å². The summed E-state index contributed by atoms with van der Waals surface area (Å²) in [5.41, 5.74) is 6.99. The van der Waals surface area contributed by atoms with Crippen LogP contribution in [-0.4, -0.2) is 29.9 Å². The van der Waals surface area contributed by atoms with Crippen LogP contribution in [-0.2, 0) is 10.3 Å². The van der Waals surface area contributed by atoms with E-state index in [9.17, 15) is 4.79 Å². The van der Waals surface area contributed by atoms with E-state index in [-0.39, 0.29) is 11.6 Å². The van der Waals surface area contributed by atoms with Crippen LogP contribution in [0.2, 0.25) is 0 Å². The van der Waals surface area contributed by atoms with E-state index in [1.807, 2.05) is 25.1 Å². The van der Waals surface area contributed by atoms with Gasteiger partial charge in [0.15, 0.2) is 11.6 Å². The largest absolute Gasteiger partial charge is 0.445 e. The molecule has 0 saturated heterocycles. The lowest BCUT2D eigenvalue weighted by Gasteiger charge is -2.30. The van der Waals surface area contributed by atoms with Crippen molar-refractivity contribution in [3.05, 3.63) is 45.6 Å². The molecular formula is C17H19BrN4O3. The molecule has 1 aromatic heterocycles. The number of hydrogen-bond donors (Lipinski definition) is 2. The van der Waals surface area contributed by atoms with Crippen molar-refractivity contribution in [3.63, 3.8) is 0 Å². The fourth-order valence-corrected chi connectivity index (χ4v) is 3.28. The van der Waals surface area contributed by atoms with Crippen molar-refractivity contribution in [1.82, 2.24) is 4.98 Å². The first-order chi connectivity index (χ1) is 11.8. The number of anilines is 1. The molecule has 0 radical (unpaired) electrons. The van der Waals surface area contributed by atoms with E-state index < -0.39 is 5.54 Å². The number of nitrogens with two attached hydrogens (primary N) is 1. The molecule has 132 valence electrons. The number of carbonyl (C=O) groups excluding carboxylic acids is 1. The Morgan fingerprint density at radius 1 is 1.36 bits per heavy atom. The average molecular weight is 407 g/mol. The average Bonchev–Trinajstić information content (AvgIpc) is 2.85. The van der Waals surface area contributed by atoms with Gasteiger partial charge in [0.1, 0.15) is 23.7 Å². The number of amides is 1. The van der Waals surface area contributed by atoms with E-state index in [1.54, 1.807) is 13.8 Å². The Bertz CT molecular complexity index is 862. The molecule has 0 bridgehead atoms. The molecule has 0 spiro atoms. The number of ether oxygens (including phenoxy) is 1. The first-order valence-corrected chi connectivity index (χ1v) is 8.54. The molecule has 2 aromatic rings. The molecule has 1 atom stereocenters. The number of aryl methyl sites for hydroxylation is 2. The van der Waals surface area contributed by atoms with Gasteiger partial charge in [0.25, 0.3) is 5.91 Å². The summed E-state index contributed by atoms with van der Waals surface area (Å²) in [6.07, 6.45) is 0. The molecular weight excluding hydrogens is 388 g/mol. The Morgan fingerprint density at radius 3 is 2.76 bits per heavy atom. The lowest BCUT2D eigenvalue weighted by molar-refractivity contribution is 0.102. The van der Waals surface area contributed by atoms with Crippen LogP contribution in [0.25, 0.3) is 0 Å². The molecule has 1 amide bonds. The first kappa shape index (κ1) is 17.6. The van der Waals surface area contributed by atoms with Crippen LogP contribution >= 0.6 is 15.9 Å². The molecule has 1 aliphatic rings. The zero-order valence-electron chi connectivity index (χ0n) is 14.2. The SMILES string of the molecule is Cc1nc(C(=O)Nc2cc(Br)cc(C3(C)COCC(N)=N3)c2)c(C)o1. The number of halogens is 1. The monoisotopic (exact) mass is 406 g/mol. The van der Waals surface area contributed by atoms with Gasteiger partial charge in [-0.25, -0.2) is 4.98 Å². The summed E-state index contributed by atoms with van der Waals surface area (Å²) in [4.78, 5) is 21.1. The van der Waals surface area contributed by atoms with E-state index in [0.29, 0.717) is 36.4 Å². The normalized spacial score (nSPS) is 20.2. The topological polar surface area (TPSA) is 103 Å². The van der Waals surface area contributed by atoms with Gasteiger partial charge in [-0.3, -0.25) is 9.79 Å². The molecule has 1 unspecified atom stereocenters. The summed E-state index contributed by atoms with van der Waals surface area (Å²) >= 11 is 3.48. The van der Waals surface area contributed by atoms with Gasteiger partial charge in [-0.05, 0) is 37.6 Å². The van der Waals surface area contributed by atoms with E-state index >= 15 is 0 Å². The fraction of sp³-hybridized carbons (Fsp3) is 0.353. The van der Waals surface area contributed by atoms with Crippen LogP contribution in [0.3, 0.4) is 0 Å². The van der Waals surface area contributed by atoms with Crippen molar-refractivity contribution in [1.29, 1.82) is 0 Å². The molecule has 1 aromatic carbocycles. The second-order valence-corrected chi connectivity index (χ2v) is 7.11. The van der Waals surface area contributed by atoms with E-state index in [1.165, 1.54) is 0 Å². The van der Waals surface area contributed by atoms with Crippen LogP contribution in [0.5, 0.6) is 0 Å². The number of oxazole rings is 1. The Hall–Kier alpha value is -2.19. The number of benzene rings is 1. The molecule has 0 fully saturated rings. The highest BCUT2D eigenvalue weighted by molar-refractivity contribution is 9.10. The number of rotatable bonds is 3. The predicted octanol–water partition coefficient (Wildman–Crippen LogP) is 2.91. The fourth-order valence-electron chi connectivity index (χ4n) is 2.79. The van der Waals surface area contributed by atoms with Crippen molar-refractivity contribution in [2.45, 2.75) is 26.3 Å². The smallest absolute Gasteiger partial charge is 0.277 e. The number of aromatic nitrogens is 1. The second-order valence-electron chi connectivity index (χ2n) is 6.19. The van der Waals surface area contributed by atoms with Gasteiger partial charge in [-0.15, -0.1) is 0 Å². The van der Waals surface area contributed by atoms with Crippen LogP contribution in [0, 0.1) is 13.8 Å². The summed E-state index contributed by atoms with van der Waals surface area (Å²) in [7, 11) is 0. The summed E-state index contributed by atoms with van der Waals surface area (Å²) < 4.78 is 11.6. The standard InChI is InChI=1S/C17H19BrN4O3/c1-9-15(20-10(2)25-9)16(23)21-13-5-11(4-12(18)6-13)17(3)8-24-7-14(19)22-17/h4-6H,7-8H2,1-3H3,(H2,19,22)(H,21,23). The van der Waals surface area contributed by atoms with Crippen molar-refractivity contribution >= 4 is 33.4 Å². The number of amidine groups is 1. The highest BCUT2D eigenvalue weighted by Gasteiger charge is 2.30. The Kier molecular flexibility index (Phi) is 4.66. The van der Waals surface area contributed by atoms with Crippen molar-refractivity contribution in [2.24, 2.45) is 10.7 Å². The minimum Gasteiger partial charge on any atom is -0.445 e. The van der Waals surface area contributed by atoms with E-state index in [0.717, 1.165) is 10.0 Å². The highest BCUT2D eigenvalue weighted by atomic mass is 79.9. The van der Waals surface area contributed by atoms with Gasteiger partial charge in [0.2, 0.25) is 0 Å². The van der Waals surface area contributed by atoms with Gasteiger partial charge in [-0.1, -0.05) is 15.9 Å². The number of nitrogens with one attached hydrogen (secondary N) is 1. The zero-order valence-corrected chi connectivity index (χ0v) is 15.8. The Labute approximate surface area is 153 Å². The maximum atomic E-state index is 12.5. The molecule has 2 heterocycles. The second kappa shape index (κ2) is 6.61. The molecule has 0 saturated carbocycles. The summed E-state index contributed by atoms with van der Waals surface area (Å²) in [5, 5.41) is 2.85. The van der Waals surface area contributed by atoms with Crippen LogP contribution in [0.15, 0.2) is 32.1 Å². The van der Waals surface area contributed by atoms with Crippen molar-refractivity contribution < 1.29 is 13.9 Å².